The summed E-state index contributed by atoms with van der Waals surface area (Å²) in [6, 6.07) is 4.58. The lowest BCUT2D eigenvalue weighted by Gasteiger charge is -2.14. The number of rotatable bonds is 4. The maximum Gasteiger partial charge on any atom is 0.141 e. The Labute approximate surface area is 110 Å². The Morgan fingerprint density at radius 3 is 2.89 bits per heavy atom. The van der Waals surface area contributed by atoms with E-state index in [1.54, 1.807) is 23.0 Å². The molecule has 2 aromatic rings. The van der Waals surface area contributed by atoms with Crippen molar-refractivity contribution >= 4 is 11.6 Å². The molecule has 0 saturated carbocycles. The minimum atomic E-state index is -0.418. The molecule has 0 amide bonds. The molecule has 1 atom stereocenters. The third kappa shape index (κ3) is 2.87. The van der Waals surface area contributed by atoms with E-state index in [4.69, 9.17) is 17.4 Å². The lowest BCUT2D eigenvalue weighted by molar-refractivity contribution is 0.550. The Balaban J connectivity index is 2.17. The third-order valence-corrected chi connectivity index (χ3v) is 3.04. The summed E-state index contributed by atoms with van der Waals surface area (Å²) in [7, 11) is 1.84. The van der Waals surface area contributed by atoms with E-state index >= 15 is 0 Å². The van der Waals surface area contributed by atoms with Crippen molar-refractivity contribution < 1.29 is 4.39 Å². The van der Waals surface area contributed by atoms with Gasteiger partial charge in [0.05, 0.1) is 17.3 Å². The average molecular weight is 269 g/mol. The summed E-state index contributed by atoms with van der Waals surface area (Å²) in [6.45, 7) is 0. The van der Waals surface area contributed by atoms with Gasteiger partial charge < -0.3 is 0 Å². The molecule has 6 heteroatoms. The summed E-state index contributed by atoms with van der Waals surface area (Å²) in [5.41, 5.74) is 4.61. The van der Waals surface area contributed by atoms with Gasteiger partial charge in [-0.2, -0.15) is 5.10 Å². The second kappa shape index (κ2) is 5.48. The SMILES string of the molecule is Cn1cc(C(Cc2ccc(F)c(Cl)c2)NN)cn1. The van der Waals surface area contributed by atoms with Crippen molar-refractivity contribution in [1.82, 2.24) is 15.2 Å². The Bertz CT molecular complexity index is 541. The zero-order valence-corrected chi connectivity index (χ0v) is 10.7. The van der Waals surface area contributed by atoms with E-state index in [0.717, 1.165) is 11.1 Å². The van der Waals surface area contributed by atoms with Gasteiger partial charge >= 0.3 is 0 Å². The van der Waals surface area contributed by atoms with E-state index in [2.05, 4.69) is 10.5 Å². The van der Waals surface area contributed by atoms with Crippen molar-refractivity contribution in [3.8, 4) is 0 Å². The van der Waals surface area contributed by atoms with Crippen LogP contribution in [0.25, 0.3) is 0 Å². The first-order valence-corrected chi connectivity index (χ1v) is 5.86. The summed E-state index contributed by atoms with van der Waals surface area (Å²) in [6.07, 6.45) is 4.24. The van der Waals surface area contributed by atoms with E-state index in [1.165, 1.54) is 6.07 Å². The molecule has 0 fully saturated rings. The zero-order valence-electron chi connectivity index (χ0n) is 9.90. The number of hydrazine groups is 1. The first kappa shape index (κ1) is 13.0. The second-order valence-corrected chi connectivity index (χ2v) is 4.53. The van der Waals surface area contributed by atoms with Crippen LogP contribution in [-0.2, 0) is 13.5 Å². The number of nitrogens with two attached hydrogens (primary N) is 1. The number of nitrogens with one attached hydrogen (secondary N) is 1. The molecule has 1 unspecified atom stereocenters. The second-order valence-electron chi connectivity index (χ2n) is 4.12. The number of halogens is 2. The van der Waals surface area contributed by atoms with Gasteiger partial charge in [-0.25, -0.2) is 4.39 Å². The van der Waals surface area contributed by atoms with Crippen LogP contribution in [0.3, 0.4) is 0 Å². The average Bonchev–Trinajstić information content (AvgIpc) is 2.77. The number of hydrogen-bond acceptors (Lipinski definition) is 3. The molecule has 1 aromatic carbocycles. The zero-order chi connectivity index (χ0) is 13.1. The lowest BCUT2D eigenvalue weighted by atomic mass is 10.0. The molecule has 1 heterocycles. The molecule has 0 radical (unpaired) electrons. The fourth-order valence-corrected chi connectivity index (χ4v) is 2.00. The highest BCUT2D eigenvalue weighted by molar-refractivity contribution is 6.30. The van der Waals surface area contributed by atoms with Crippen LogP contribution in [0.15, 0.2) is 30.6 Å². The summed E-state index contributed by atoms with van der Waals surface area (Å²) >= 11 is 5.75. The van der Waals surface area contributed by atoms with Crippen molar-refractivity contribution in [3.63, 3.8) is 0 Å². The molecule has 0 aliphatic heterocycles. The number of nitrogens with zero attached hydrogens (tertiary/aromatic N) is 2. The summed E-state index contributed by atoms with van der Waals surface area (Å²) < 4.78 is 14.8. The van der Waals surface area contributed by atoms with E-state index in [1.807, 2.05) is 13.2 Å². The topological polar surface area (TPSA) is 55.9 Å². The molecule has 0 spiro atoms. The predicted molar refractivity (Wildman–Crippen MR) is 68.4 cm³/mol. The molecule has 1 aromatic heterocycles. The summed E-state index contributed by atoms with van der Waals surface area (Å²) in [4.78, 5) is 0. The Morgan fingerprint density at radius 2 is 2.33 bits per heavy atom. The standard InChI is InChI=1S/C12H14ClFN4/c1-18-7-9(6-16-18)12(17-15)5-8-2-3-11(14)10(13)4-8/h2-4,6-7,12,17H,5,15H2,1H3. The number of aryl methyl sites for hydroxylation is 1. The van der Waals surface area contributed by atoms with Crippen molar-refractivity contribution in [2.24, 2.45) is 12.9 Å². The fourth-order valence-electron chi connectivity index (χ4n) is 1.80. The monoisotopic (exact) mass is 268 g/mol. The van der Waals surface area contributed by atoms with Gasteiger partial charge in [-0.1, -0.05) is 17.7 Å². The number of benzene rings is 1. The smallest absolute Gasteiger partial charge is 0.141 e. The molecule has 96 valence electrons. The Morgan fingerprint density at radius 1 is 1.56 bits per heavy atom. The van der Waals surface area contributed by atoms with Crippen molar-refractivity contribution in [2.75, 3.05) is 0 Å². The van der Waals surface area contributed by atoms with Gasteiger partial charge in [0.15, 0.2) is 0 Å². The number of hydrogen-bond donors (Lipinski definition) is 2. The summed E-state index contributed by atoms with van der Waals surface area (Å²) in [5, 5.41) is 4.21. The van der Waals surface area contributed by atoms with E-state index in [0.29, 0.717) is 6.42 Å². The van der Waals surface area contributed by atoms with E-state index < -0.39 is 5.82 Å². The quantitative estimate of drug-likeness (QED) is 0.658. The lowest BCUT2D eigenvalue weighted by Crippen LogP contribution is -2.29. The molecular formula is C12H14ClFN4. The van der Waals surface area contributed by atoms with Crippen LogP contribution in [0.5, 0.6) is 0 Å². The van der Waals surface area contributed by atoms with Gasteiger partial charge in [-0.05, 0) is 24.1 Å². The highest BCUT2D eigenvalue weighted by Gasteiger charge is 2.13. The molecule has 3 N–H and O–H groups in total. The normalized spacial score (nSPS) is 12.7. The van der Waals surface area contributed by atoms with Crippen LogP contribution in [0, 0.1) is 5.82 Å². The maximum absolute atomic E-state index is 13.1. The van der Waals surface area contributed by atoms with Crippen molar-refractivity contribution in [3.05, 3.63) is 52.6 Å². The van der Waals surface area contributed by atoms with Crippen LogP contribution in [-0.4, -0.2) is 9.78 Å². The molecule has 2 rings (SSSR count). The van der Waals surface area contributed by atoms with Gasteiger partial charge in [0.25, 0.3) is 0 Å². The summed E-state index contributed by atoms with van der Waals surface area (Å²) in [5.74, 6) is 5.12. The first-order chi connectivity index (χ1) is 8.60. The molecular weight excluding hydrogens is 255 g/mol. The maximum atomic E-state index is 13.1. The predicted octanol–water partition coefficient (Wildman–Crippen LogP) is 1.96. The van der Waals surface area contributed by atoms with Gasteiger partial charge in [-0.15, -0.1) is 0 Å². The van der Waals surface area contributed by atoms with Crippen LogP contribution in [0.1, 0.15) is 17.2 Å². The Hall–Kier alpha value is -1.43. The minimum Gasteiger partial charge on any atom is -0.275 e. The number of aromatic nitrogens is 2. The molecule has 0 aliphatic carbocycles. The van der Waals surface area contributed by atoms with Gasteiger partial charge in [-0.3, -0.25) is 16.0 Å². The highest BCUT2D eigenvalue weighted by Crippen LogP contribution is 2.21. The molecule has 0 aliphatic rings. The van der Waals surface area contributed by atoms with Crippen molar-refractivity contribution in [1.29, 1.82) is 0 Å². The van der Waals surface area contributed by atoms with Gasteiger partial charge in [0.2, 0.25) is 0 Å². The highest BCUT2D eigenvalue weighted by atomic mass is 35.5. The Kier molecular flexibility index (Phi) is 3.96. The van der Waals surface area contributed by atoms with Crippen LogP contribution >= 0.6 is 11.6 Å². The van der Waals surface area contributed by atoms with Gasteiger partial charge in [0, 0.05) is 18.8 Å². The van der Waals surface area contributed by atoms with Crippen LogP contribution in [0.4, 0.5) is 4.39 Å². The largest absolute Gasteiger partial charge is 0.275 e. The molecule has 0 bridgehead atoms. The van der Waals surface area contributed by atoms with Gasteiger partial charge in [0.1, 0.15) is 5.82 Å². The first-order valence-electron chi connectivity index (χ1n) is 5.48. The fraction of sp³-hybridized carbons (Fsp3) is 0.250. The van der Waals surface area contributed by atoms with Crippen LogP contribution in [0.2, 0.25) is 5.02 Å². The van der Waals surface area contributed by atoms with Crippen molar-refractivity contribution in [2.45, 2.75) is 12.5 Å². The molecule has 0 saturated heterocycles. The molecule has 4 nitrogen and oxygen atoms in total. The van der Waals surface area contributed by atoms with E-state index in [9.17, 15) is 4.39 Å². The van der Waals surface area contributed by atoms with Crippen LogP contribution < -0.4 is 11.3 Å². The third-order valence-electron chi connectivity index (χ3n) is 2.75. The minimum absolute atomic E-state index is 0.0831. The molecule has 18 heavy (non-hydrogen) atoms. The van der Waals surface area contributed by atoms with E-state index in [-0.39, 0.29) is 11.1 Å².